The van der Waals surface area contributed by atoms with E-state index in [1.54, 1.807) is 0 Å². The standard InChI is InChI=1S/C11H14N2O4S/c1-5-13-8(4-18-5)7-3-12-10(11(16)17)6(7)2-9(14)15/h4,6-7,10,12H,2-3H2,1H3,(H,14,15)(H,16,17)/t6-,7+,10-/m0/s1. The molecule has 0 spiro atoms. The first-order valence-electron chi connectivity index (χ1n) is 5.59. The van der Waals surface area contributed by atoms with Crippen LogP contribution >= 0.6 is 11.3 Å². The summed E-state index contributed by atoms with van der Waals surface area (Å²) in [5.41, 5.74) is 0.792. The number of carboxylic acid groups (broad SMARTS) is 2. The Bertz CT molecular complexity index is 473. The Morgan fingerprint density at radius 3 is 2.78 bits per heavy atom. The normalized spacial score (nSPS) is 27.3. The Balaban J connectivity index is 2.24. The van der Waals surface area contributed by atoms with Crippen LogP contribution in [0.25, 0.3) is 0 Å². The van der Waals surface area contributed by atoms with Crippen molar-refractivity contribution < 1.29 is 19.8 Å². The second-order valence-electron chi connectivity index (χ2n) is 4.38. The van der Waals surface area contributed by atoms with Crippen LogP contribution in [0.15, 0.2) is 5.38 Å². The van der Waals surface area contributed by atoms with E-state index in [1.165, 1.54) is 11.3 Å². The lowest BCUT2D eigenvalue weighted by Gasteiger charge is -2.18. The maximum Gasteiger partial charge on any atom is 0.321 e. The number of aliphatic carboxylic acids is 2. The SMILES string of the molecule is Cc1nc([C@@H]2CN[C@H](C(=O)O)[C@H]2CC(=O)O)cs1. The Morgan fingerprint density at radius 1 is 1.56 bits per heavy atom. The molecular weight excluding hydrogens is 256 g/mol. The van der Waals surface area contributed by atoms with Crippen molar-refractivity contribution in [2.75, 3.05) is 6.54 Å². The number of nitrogens with one attached hydrogen (secondary N) is 1. The summed E-state index contributed by atoms with van der Waals surface area (Å²) < 4.78 is 0. The van der Waals surface area contributed by atoms with Crippen LogP contribution in [0.5, 0.6) is 0 Å². The predicted octanol–water partition coefficient (Wildman–Crippen LogP) is 0.682. The van der Waals surface area contributed by atoms with Crippen LogP contribution in [-0.2, 0) is 9.59 Å². The minimum atomic E-state index is -1.00. The fourth-order valence-corrected chi connectivity index (χ4v) is 3.07. The highest BCUT2D eigenvalue weighted by Gasteiger charge is 2.42. The topological polar surface area (TPSA) is 99.5 Å². The number of aryl methyl sites for hydroxylation is 1. The fraction of sp³-hybridized carbons (Fsp3) is 0.545. The Morgan fingerprint density at radius 2 is 2.28 bits per heavy atom. The predicted molar refractivity (Wildman–Crippen MR) is 64.8 cm³/mol. The third-order valence-corrected chi connectivity index (χ3v) is 3.99. The van der Waals surface area contributed by atoms with Gasteiger partial charge in [-0.2, -0.15) is 0 Å². The van der Waals surface area contributed by atoms with Crippen molar-refractivity contribution in [2.24, 2.45) is 5.92 Å². The van der Waals surface area contributed by atoms with Crippen LogP contribution in [0.3, 0.4) is 0 Å². The van der Waals surface area contributed by atoms with E-state index in [0.717, 1.165) is 10.7 Å². The lowest BCUT2D eigenvalue weighted by molar-refractivity contribution is -0.142. The molecule has 6 nitrogen and oxygen atoms in total. The second kappa shape index (κ2) is 5.03. The number of carbonyl (C=O) groups is 2. The zero-order valence-electron chi connectivity index (χ0n) is 9.79. The van der Waals surface area contributed by atoms with Crippen molar-refractivity contribution in [3.63, 3.8) is 0 Å². The molecular formula is C11H14N2O4S. The van der Waals surface area contributed by atoms with Gasteiger partial charge >= 0.3 is 11.9 Å². The summed E-state index contributed by atoms with van der Waals surface area (Å²) in [6.45, 7) is 2.33. The molecule has 0 radical (unpaired) electrons. The highest BCUT2D eigenvalue weighted by Crippen LogP contribution is 2.34. The maximum atomic E-state index is 11.1. The van der Waals surface area contributed by atoms with E-state index in [2.05, 4.69) is 10.3 Å². The summed E-state index contributed by atoms with van der Waals surface area (Å²) in [4.78, 5) is 26.3. The summed E-state index contributed by atoms with van der Waals surface area (Å²) in [6.07, 6.45) is -0.162. The number of hydrogen-bond donors (Lipinski definition) is 3. The van der Waals surface area contributed by atoms with E-state index < -0.39 is 23.9 Å². The molecule has 3 atom stereocenters. The summed E-state index contributed by atoms with van der Waals surface area (Å²) in [6, 6.07) is -0.812. The molecule has 1 aliphatic rings. The van der Waals surface area contributed by atoms with Crippen LogP contribution in [-0.4, -0.2) is 39.7 Å². The van der Waals surface area contributed by atoms with Gasteiger partial charge in [0.05, 0.1) is 17.1 Å². The van der Waals surface area contributed by atoms with Gasteiger partial charge in [0.2, 0.25) is 0 Å². The van der Waals surface area contributed by atoms with Gasteiger partial charge in [-0.1, -0.05) is 0 Å². The average molecular weight is 270 g/mol. The quantitative estimate of drug-likeness (QED) is 0.744. The van der Waals surface area contributed by atoms with E-state index >= 15 is 0 Å². The zero-order chi connectivity index (χ0) is 13.3. The first kappa shape index (κ1) is 13.0. The molecule has 1 aliphatic heterocycles. The minimum Gasteiger partial charge on any atom is -0.481 e. The van der Waals surface area contributed by atoms with Crippen LogP contribution in [0, 0.1) is 12.8 Å². The molecule has 2 rings (SSSR count). The lowest BCUT2D eigenvalue weighted by atomic mass is 9.86. The van der Waals surface area contributed by atoms with Gasteiger partial charge in [-0.3, -0.25) is 9.59 Å². The van der Waals surface area contributed by atoms with Crippen LogP contribution < -0.4 is 5.32 Å². The molecule has 3 N–H and O–H groups in total. The van der Waals surface area contributed by atoms with Gasteiger partial charge in [0.1, 0.15) is 6.04 Å². The van der Waals surface area contributed by atoms with Crippen LogP contribution in [0.2, 0.25) is 0 Å². The molecule has 0 amide bonds. The highest BCUT2D eigenvalue weighted by atomic mass is 32.1. The molecule has 1 saturated heterocycles. The third-order valence-electron chi connectivity index (χ3n) is 3.20. The molecule has 1 fully saturated rings. The van der Waals surface area contributed by atoms with Gasteiger partial charge in [0, 0.05) is 23.8 Å². The van der Waals surface area contributed by atoms with E-state index in [1.807, 2.05) is 12.3 Å². The molecule has 2 heterocycles. The summed E-state index contributed by atoms with van der Waals surface area (Å²) in [5, 5.41) is 23.6. The van der Waals surface area contributed by atoms with Crippen LogP contribution in [0.1, 0.15) is 23.0 Å². The molecule has 7 heteroatoms. The van der Waals surface area contributed by atoms with Crippen molar-refractivity contribution >= 4 is 23.3 Å². The number of carboxylic acids is 2. The molecule has 1 aromatic heterocycles. The van der Waals surface area contributed by atoms with Gasteiger partial charge in [0.25, 0.3) is 0 Å². The highest BCUT2D eigenvalue weighted by molar-refractivity contribution is 7.09. The summed E-state index contributed by atoms with van der Waals surface area (Å²) in [7, 11) is 0. The summed E-state index contributed by atoms with van der Waals surface area (Å²) >= 11 is 1.49. The van der Waals surface area contributed by atoms with Crippen molar-refractivity contribution in [1.82, 2.24) is 10.3 Å². The van der Waals surface area contributed by atoms with Crippen LogP contribution in [0.4, 0.5) is 0 Å². The Labute approximate surface area is 108 Å². The Kier molecular flexibility index (Phi) is 3.63. The molecule has 1 aromatic rings. The molecule has 0 unspecified atom stereocenters. The number of rotatable bonds is 4. The van der Waals surface area contributed by atoms with Crippen molar-refractivity contribution in [3.8, 4) is 0 Å². The van der Waals surface area contributed by atoms with Gasteiger partial charge in [-0.15, -0.1) is 11.3 Å². The molecule has 18 heavy (non-hydrogen) atoms. The number of aromatic nitrogens is 1. The van der Waals surface area contributed by atoms with Gasteiger partial charge in [0.15, 0.2) is 0 Å². The van der Waals surface area contributed by atoms with E-state index in [4.69, 9.17) is 10.2 Å². The maximum absolute atomic E-state index is 11.1. The van der Waals surface area contributed by atoms with E-state index in [0.29, 0.717) is 6.54 Å². The van der Waals surface area contributed by atoms with Gasteiger partial charge in [-0.25, -0.2) is 4.98 Å². The van der Waals surface area contributed by atoms with E-state index in [-0.39, 0.29) is 12.3 Å². The molecule has 98 valence electrons. The van der Waals surface area contributed by atoms with Crippen molar-refractivity contribution in [2.45, 2.75) is 25.3 Å². The zero-order valence-corrected chi connectivity index (χ0v) is 10.6. The van der Waals surface area contributed by atoms with Gasteiger partial charge in [-0.05, 0) is 6.92 Å². The van der Waals surface area contributed by atoms with Gasteiger partial charge < -0.3 is 15.5 Å². The number of nitrogens with zero attached hydrogens (tertiary/aromatic N) is 1. The first-order valence-corrected chi connectivity index (χ1v) is 6.47. The molecule has 0 saturated carbocycles. The molecule has 0 aromatic carbocycles. The Hall–Kier alpha value is -1.47. The van der Waals surface area contributed by atoms with E-state index in [9.17, 15) is 9.59 Å². The van der Waals surface area contributed by atoms with Crippen molar-refractivity contribution in [3.05, 3.63) is 16.1 Å². The lowest BCUT2D eigenvalue weighted by Crippen LogP contribution is -2.36. The largest absolute Gasteiger partial charge is 0.481 e. The number of hydrogen-bond acceptors (Lipinski definition) is 5. The number of thiazole rings is 1. The van der Waals surface area contributed by atoms with Crippen molar-refractivity contribution in [1.29, 1.82) is 0 Å². The molecule has 0 bridgehead atoms. The monoisotopic (exact) mass is 270 g/mol. The average Bonchev–Trinajstić information content (AvgIpc) is 2.83. The smallest absolute Gasteiger partial charge is 0.321 e. The minimum absolute atomic E-state index is 0.146. The second-order valence-corrected chi connectivity index (χ2v) is 5.45. The molecule has 0 aliphatic carbocycles. The summed E-state index contributed by atoms with van der Waals surface area (Å²) in [5.74, 6) is -2.59. The third kappa shape index (κ3) is 2.51. The fourth-order valence-electron chi connectivity index (χ4n) is 2.40. The first-order chi connectivity index (χ1) is 8.49.